The molecule has 0 amide bonds. The van der Waals surface area contributed by atoms with E-state index >= 15 is 0 Å². The van der Waals surface area contributed by atoms with Crippen molar-refractivity contribution in [3.05, 3.63) is 68.4 Å². The summed E-state index contributed by atoms with van der Waals surface area (Å²) in [6, 6.07) is 2.66. The summed E-state index contributed by atoms with van der Waals surface area (Å²) in [5, 5.41) is 32.2. The van der Waals surface area contributed by atoms with E-state index in [1.54, 1.807) is 0 Å². The molecule has 0 aliphatic rings. The normalized spacial score (nSPS) is 11.7. The number of fused-ring (bicyclic) bond motifs is 2. The van der Waals surface area contributed by atoms with Gasteiger partial charge < -0.3 is 24.5 Å². The van der Waals surface area contributed by atoms with E-state index in [1.807, 2.05) is 32.9 Å². The molecule has 186 valence electrons. The third-order valence-corrected chi connectivity index (χ3v) is 6.01. The van der Waals surface area contributed by atoms with Gasteiger partial charge in [-0.25, -0.2) is 0 Å². The maximum absolute atomic E-state index is 13.7. The Morgan fingerprint density at radius 1 is 0.857 bits per heavy atom. The van der Waals surface area contributed by atoms with Gasteiger partial charge >= 0.3 is 0 Å². The molecule has 2 aromatic carbocycles. The van der Waals surface area contributed by atoms with Crippen molar-refractivity contribution in [2.24, 2.45) is 0 Å². The van der Waals surface area contributed by atoms with Crippen LogP contribution in [0.1, 0.15) is 58.6 Å². The summed E-state index contributed by atoms with van der Waals surface area (Å²) in [5.41, 5.74) is 3.92. The van der Waals surface area contributed by atoms with Crippen LogP contribution in [0.3, 0.4) is 0 Å². The zero-order chi connectivity index (χ0) is 25.9. The molecule has 6 heteroatoms. The topological polar surface area (TPSA) is 100 Å². The van der Waals surface area contributed by atoms with E-state index in [4.69, 9.17) is 9.15 Å². The average Bonchev–Trinajstić information content (AvgIpc) is 2.76. The Hall–Kier alpha value is -3.67. The Morgan fingerprint density at radius 3 is 2.09 bits per heavy atom. The lowest BCUT2D eigenvalue weighted by Crippen LogP contribution is -2.08. The quantitative estimate of drug-likeness (QED) is 0.243. The maximum atomic E-state index is 13.7. The zero-order valence-electron chi connectivity index (χ0n) is 21.3. The number of ether oxygens (including phenoxy) is 1. The first kappa shape index (κ1) is 25.9. The number of benzene rings is 2. The number of hydrogen-bond acceptors (Lipinski definition) is 6. The number of rotatable bonds is 8. The number of phenolic OH excluding ortho intramolecular Hbond substituents is 3. The second-order valence-corrected chi connectivity index (χ2v) is 9.37. The summed E-state index contributed by atoms with van der Waals surface area (Å²) >= 11 is 0. The fourth-order valence-corrected chi connectivity index (χ4v) is 4.12. The standard InChI is InChI=1S/C29H34O6/c1-16(2)8-7-9-18(5)11-13-20-25-23(15-22(31)29(20)34-6)35-24-14-21(30)19(12-10-17(3)4)27(32)26(24)28(25)33/h8,10-11,14-15,30-32H,7,9,12-13H2,1-6H3/b18-11-. The van der Waals surface area contributed by atoms with Gasteiger partial charge in [0.25, 0.3) is 0 Å². The summed E-state index contributed by atoms with van der Waals surface area (Å²) in [6.45, 7) is 9.98. The predicted molar refractivity (Wildman–Crippen MR) is 141 cm³/mol. The van der Waals surface area contributed by atoms with Gasteiger partial charge in [0.1, 0.15) is 28.1 Å². The molecule has 0 saturated heterocycles. The Morgan fingerprint density at radius 2 is 1.46 bits per heavy atom. The highest BCUT2D eigenvalue weighted by Gasteiger charge is 2.23. The van der Waals surface area contributed by atoms with Gasteiger partial charge in [0.05, 0.1) is 12.5 Å². The number of aromatic hydroxyl groups is 3. The lowest BCUT2D eigenvalue weighted by molar-refractivity contribution is 0.370. The van der Waals surface area contributed by atoms with Crippen LogP contribution in [0.5, 0.6) is 23.0 Å². The van der Waals surface area contributed by atoms with Crippen LogP contribution in [0.2, 0.25) is 0 Å². The van der Waals surface area contributed by atoms with Gasteiger partial charge in [0.15, 0.2) is 11.5 Å². The first-order valence-corrected chi connectivity index (χ1v) is 11.7. The van der Waals surface area contributed by atoms with Crippen LogP contribution in [0, 0.1) is 0 Å². The molecule has 0 aliphatic carbocycles. The molecule has 0 atom stereocenters. The minimum Gasteiger partial charge on any atom is -0.507 e. The van der Waals surface area contributed by atoms with Gasteiger partial charge in [-0.15, -0.1) is 0 Å². The fourth-order valence-electron chi connectivity index (χ4n) is 4.12. The second-order valence-electron chi connectivity index (χ2n) is 9.37. The number of phenols is 3. The predicted octanol–water partition coefficient (Wildman–Crippen LogP) is 6.82. The first-order valence-electron chi connectivity index (χ1n) is 11.7. The molecule has 0 unspecified atom stereocenters. The van der Waals surface area contributed by atoms with E-state index in [0.717, 1.165) is 24.0 Å². The molecule has 3 rings (SSSR count). The van der Waals surface area contributed by atoms with E-state index < -0.39 is 5.43 Å². The van der Waals surface area contributed by atoms with E-state index in [9.17, 15) is 20.1 Å². The molecule has 3 aromatic rings. The molecule has 1 heterocycles. The van der Waals surface area contributed by atoms with Crippen molar-refractivity contribution in [1.29, 1.82) is 0 Å². The Kier molecular flexibility index (Phi) is 7.95. The fraction of sp³-hybridized carbons (Fsp3) is 0.345. The first-order chi connectivity index (χ1) is 16.5. The van der Waals surface area contributed by atoms with E-state index in [1.165, 1.54) is 24.8 Å². The highest BCUT2D eigenvalue weighted by molar-refractivity contribution is 5.97. The van der Waals surface area contributed by atoms with Crippen molar-refractivity contribution in [3.8, 4) is 23.0 Å². The minimum atomic E-state index is -0.443. The molecule has 35 heavy (non-hydrogen) atoms. The summed E-state index contributed by atoms with van der Waals surface area (Å²) in [6.07, 6.45) is 8.44. The van der Waals surface area contributed by atoms with Gasteiger partial charge in [-0.2, -0.15) is 0 Å². The van der Waals surface area contributed by atoms with E-state index in [0.29, 0.717) is 12.0 Å². The van der Waals surface area contributed by atoms with Crippen LogP contribution >= 0.6 is 0 Å². The molecule has 3 N–H and O–H groups in total. The lowest BCUT2D eigenvalue weighted by Gasteiger charge is -2.14. The van der Waals surface area contributed by atoms with Crippen molar-refractivity contribution in [1.82, 2.24) is 0 Å². The van der Waals surface area contributed by atoms with Crippen molar-refractivity contribution >= 4 is 21.9 Å². The third kappa shape index (κ3) is 5.53. The lowest BCUT2D eigenvalue weighted by atomic mass is 9.98. The maximum Gasteiger partial charge on any atom is 0.204 e. The van der Waals surface area contributed by atoms with Crippen molar-refractivity contribution < 1.29 is 24.5 Å². The molecule has 0 bridgehead atoms. The molecule has 0 spiro atoms. The van der Waals surface area contributed by atoms with Crippen LogP contribution < -0.4 is 10.2 Å². The molecule has 0 aliphatic heterocycles. The summed E-state index contributed by atoms with van der Waals surface area (Å²) in [7, 11) is 1.44. The van der Waals surface area contributed by atoms with Crippen molar-refractivity contribution in [2.75, 3.05) is 7.11 Å². The molecule has 0 saturated carbocycles. The largest absolute Gasteiger partial charge is 0.507 e. The van der Waals surface area contributed by atoms with E-state index in [-0.39, 0.29) is 56.9 Å². The SMILES string of the molecule is COc1c(O)cc2oc3cc(O)c(CC=C(C)C)c(O)c3c(=O)c2c1C/C=C(/C)CCC=C(C)C. The number of hydrogen-bond donors (Lipinski definition) is 3. The van der Waals surface area contributed by atoms with Crippen molar-refractivity contribution in [2.45, 2.75) is 60.3 Å². The van der Waals surface area contributed by atoms with Crippen molar-refractivity contribution in [3.63, 3.8) is 0 Å². The van der Waals surface area contributed by atoms with Crippen LogP contribution in [-0.2, 0) is 12.8 Å². The smallest absolute Gasteiger partial charge is 0.204 e. The van der Waals surface area contributed by atoms with Crippen LogP contribution in [0.15, 0.2) is 56.3 Å². The summed E-state index contributed by atoms with van der Waals surface area (Å²) in [5.74, 6) is -0.426. The summed E-state index contributed by atoms with van der Waals surface area (Å²) in [4.78, 5) is 13.7. The monoisotopic (exact) mass is 478 g/mol. The molecule has 1 aromatic heterocycles. The number of methoxy groups -OCH3 is 1. The Bertz CT molecular complexity index is 1410. The molecular weight excluding hydrogens is 444 g/mol. The zero-order valence-corrected chi connectivity index (χ0v) is 21.3. The van der Waals surface area contributed by atoms with Gasteiger partial charge in [0, 0.05) is 23.3 Å². The minimum absolute atomic E-state index is 0.00860. The van der Waals surface area contributed by atoms with Crippen LogP contribution in [-0.4, -0.2) is 22.4 Å². The average molecular weight is 479 g/mol. The van der Waals surface area contributed by atoms with Crippen LogP contribution in [0.4, 0.5) is 0 Å². The second kappa shape index (κ2) is 10.7. The highest BCUT2D eigenvalue weighted by atomic mass is 16.5. The van der Waals surface area contributed by atoms with E-state index in [2.05, 4.69) is 19.9 Å². The van der Waals surface area contributed by atoms with Gasteiger partial charge in [-0.1, -0.05) is 34.9 Å². The molecule has 6 nitrogen and oxygen atoms in total. The molecule has 0 fully saturated rings. The Labute approximate surface area is 205 Å². The highest BCUT2D eigenvalue weighted by Crippen LogP contribution is 2.40. The van der Waals surface area contributed by atoms with Gasteiger partial charge in [0.2, 0.25) is 5.43 Å². The molecular formula is C29H34O6. The summed E-state index contributed by atoms with van der Waals surface area (Å²) < 4.78 is 11.4. The van der Waals surface area contributed by atoms with Gasteiger partial charge in [-0.3, -0.25) is 4.79 Å². The molecule has 0 radical (unpaired) electrons. The number of allylic oxidation sites excluding steroid dienone is 6. The third-order valence-electron chi connectivity index (χ3n) is 6.01. The van der Waals surface area contributed by atoms with Crippen LogP contribution in [0.25, 0.3) is 21.9 Å². The van der Waals surface area contributed by atoms with Gasteiger partial charge in [-0.05, 0) is 60.3 Å². The Balaban J connectivity index is 2.25.